The highest BCUT2D eigenvalue weighted by molar-refractivity contribution is 6.01. The lowest BCUT2D eigenvalue weighted by Crippen LogP contribution is -2.49. The Kier molecular flexibility index (Phi) is 7.07. The number of likely N-dealkylation sites (tertiary alicyclic amines) is 1. The predicted molar refractivity (Wildman–Crippen MR) is 80.1 cm³/mol. The number of halogens is 1. The molecule has 21 heavy (non-hydrogen) atoms. The van der Waals surface area contributed by atoms with E-state index in [9.17, 15) is 14.4 Å². The van der Waals surface area contributed by atoms with Crippen LogP contribution in [0.5, 0.6) is 0 Å². The number of hydrogen-bond acceptors (Lipinski definition) is 5. The second kappa shape index (κ2) is 8.31. The zero-order valence-corrected chi connectivity index (χ0v) is 13.2. The highest BCUT2D eigenvalue weighted by atomic mass is 35.5. The van der Waals surface area contributed by atoms with E-state index in [1.807, 2.05) is 16.8 Å². The molecule has 3 amide bonds. The van der Waals surface area contributed by atoms with Gasteiger partial charge in [-0.1, -0.05) is 0 Å². The summed E-state index contributed by atoms with van der Waals surface area (Å²) >= 11 is 0. The molecule has 2 aliphatic rings. The lowest BCUT2D eigenvalue weighted by Gasteiger charge is -2.29. The molecule has 2 aliphatic heterocycles. The van der Waals surface area contributed by atoms with Gasteiger partial charge < -0.3 is 10.2 Å². The number of carbonyl (C=O) groups excluding carboxylic acids is 3. The van der Waals surface area contributed by atoms with Gasteiger partial charge in [0, 0.05) is 52.1 Å². The minimum absolute atomic E-state index is 0. The molecule has 0 unspecified atom stereocenters. The van der Waals surface area contributed by atoms with Crippen LogP contribution in [-0.2, 0) is 14.4 Å². The second-order valence-corrected chi connectivity index (χ2v) is 5.31. The Morgan fingerprint density at radius 2 is 1.76 bits per heavy atom. The minimum Gasteiger partial charge on any atom is -0.339 e. The third-order valence-corrected chi connectivity index (χ3v) is 3.74. The number of nitrogens with one attached hydrogen (secondary N) is 1. The van der Waals surface area contributed by atoms with E-state index in [-0.39, 0.29) is 30.1 Å². The van der Waals surface area contributed by atoms with Crippen LogP contribution in [0.15, 0.2) is 0 Å². The zero-order valence-electron chi connectivity index (χ0n) is 12.3. The van der Waals surface area contributed by atoms with Gasteiger partial charge >= 0.3 is 0 Å². The van der Waals surface area contributed by atoms with Gasteiger partial charge in [-0.3, -0.25) is 24.2 Å². The molecule has 0 bridgehead atoms. The number of piperazine rings is 1. The molecule has 1 N–H and O–H groups in total. The third kappa shape index (κ3) is 4.94. The van der Waals surface area contributed by atoms with Gasteiger partial charge in [0.05, 0.1) is 6.54 Å². The average molecular weight is 319 g/mol. The van der Waals surface area contributed by atoms with E-state index < -0.39 is 0 Å². The molecule has 120 valence electrons. The number of carbonyl (C=O) groups is 3. The van der Waals surface area contributed by atoms with Crippen LogP contribution in [-0.4, -0.2) is 85.3 Å². The van der Waals surface area contributed by atoms with Crippen molar-refractivity contribution in [3.8, 4) is 0 Å². The van der Waals surface area contributed by atoms with Crippen molar-refractivity contribution in [2.45, 2.75) is 12.8 Å². The first-order valence-electron chi connectivity index (χ1n) is 7.08. The van der Waals surface area contributed by atoms with Crippen LogP contribution < -0.4 is 5.32 Å². The summed E-state index contributed by atoms with van der Waals surface area (Å²) in [7, 11) is 1.84. The SMILES string of the molecule is CN(CCN1C(=O)CCC1=O)CC(=O)N1CCNCC1.Cl. The maximum Gasteiger partial charge on any atom is 0.236 e. The van der Waals surface area contributed by atoms with Crippen molar-refractivity contribution < 1.29 is 14.4 Å². The van der Waals surface area contributed by atoms with Crippen LogP contribution in [0.3, 0.4) is 0 Å². The smallest absolute Gasteiger partial charge is 0.236 e. The van der Waals surface area contributed by atoms with E-state index in [0.717, 1.165) is 26.2 Å². The Labute approximate surface area is 131 Å². The Morgan fingerprint density at radius 3 is 2.33 bits per heavy atom. The molecule has 0 saturated carbocycles. The van der Waals surface area contributed by atoms with Crippen LogP contribution in [0.2, 0.25) is 0 Å². The van der Waals surface area contributed by atoms with Crippen LogP contribution in [0, 0.1) is 0 Å². The molecular weight excluding hydrogens is 296 g/mol. The van der Waals surface area contributed by atoms with Crippen molar-refractivity contribution in [1.29, 1.82) is 0 Å². The topological polar surface area (TPSA) is 73.0 Å². The van der Waals surface area contributed by atoms with Gasteiger partial charge in [0.2, 0.25) is 17.7 Å². The lowest BCUT2D eigenvalue weighted by atomic mass is 10.3. The Bertz CT molecular complexity index is 383. The van der Waals surface area contributed by atoms with Gasteiger partial charge in [0.15, 0.2) is 0 Å². The first-order valence-corrected chi connectivity index (χ1v) is 7.08. The highest BCUT2D eigenvalue weighted by Crippen LogP contribution is 2.10. The first kappa shape index (κ1) is 17.9. The summed E-state index contributed by atoms with van der Waals surface area (Å²) in [6, 6.07) is 0. The van der Waals surface area contributed by atoms with Crippen LogP contribution in [0.4, 0.5) is 0 Å². The molecule has 7 nitrogen and oxygen atoms in total. The molecule has 8 heteroatoms. The summed E-state index contributed by atoms with van der Waals surface area (Å²) in [5.41, 5.74) is 0. The normalized spacial score (nSPS) is 19.1. The largest absolute Gasteiger partial charge is 0.339 e. The number of amides is 3. The fourth-order valence-electron chi connectivity index (χ4n) is 2.47. The quantitative estimate of drug-likeness (QED) is 0.653. The van der Waals surface area contributed by atoms with Crippen molar-refractivity contribution in [2.24, 2.45) is 0 Å². The van der Waals surface area contributed by atoms with Gasteiger partial charge in [-0.05, 0) is 7.05 Å². The van der Waals surface area contributed by atoms with Gasteiger partial charge in [-0.15, -0.1) is 12.4 Å². The molecular formula is C13H23ClN4O3. The van der Waals surface area contributed by atoms with E-state index in [1.54, 1.807) is 0 Å². The summed E-state index contributed by atoms with van der Waals surface area (Å²) in [4.78, 5) is 40.0. The van der Waals surface area contributed by atoms with E-state index in [2.05, 4.69) is 5.32 Å². The van der Waals surface area contributed by atoms with Gasteiger partial charge in [-0.2, -0.15) is 0 Å². The van der Waals surface area contributed by atoms with Gasteiger partial charge in [0.25, 0.3) is 0 Å². The third-order valence-electron chi connectivity index (χ3n) is 3.74. The molecule has 0 aromatic carbocycles. The summed E-state index contributed by atoms with van der Waals surface area (Å²) in [5.74, 6) is -0.0956. The highest BCUT2D eigenvalue weighted by Gasteiger charge is 2.28. The number of imide groups is 1. The summed E-state index contributed by atoms with van der Waals surface area (Å²) < 4.78 is 0. The monoisotopic (exact) mass is 318 g/mol. The fraction of sp³-hybridized carbons (Fsp3) is 0.769. The van der Waals surface area contributed by atoms with Crippen molar-refractivity contribution in [1.82, 2.24) is 20.0 Å². The summed E-state index contributed by atoms with van der Waals surface area (Å²) in [5, 5.41) is 3.21. The minimum atomic E-state index is -0.100. The zero-order chi connectivity index (χ0) is 14.5. The number of likely N-dealkylation sites (N-methyl/N-ethyl adjacent to an activating group) is 1. The fourth-order valence-corrected chi connectivity index (χ4v) is 2.47. The lowest BCUT2D eigenvalue weighted by molar-refractivity contribution is -0.138. The molecule has 2 rings (SSSR count). The molecule has 0 spiro atoms. The first-order chi connectivity index (χ1) is 9.58. The maximum atomic E-state index is 12.0. The molecule has 2 fully saturated rings. The van der Waals surface area contributed by atoms with Crippen molar-refractivity contribution in [3.63, 3.8) is 0 Å². The number of nitrogens with zero attached hydrogens (tertiary/aromatic N) is 3. The molecule has 0 aromatic rings. The number of hydrogen-bond donors (Lipinski definition) is 1. The molecule has 0 atom stereocenters. The maximum absolute atomic E-state index is 12.0. The Hall–Kier alpha value is -1.18. The Morgan fingerprint density at radius 1 is 1.19 bits per heavy atom. The molecule has 0 aromatic heterocycles. The van der Waals surface area contributed by atoms with E-state index in [1.165, 1.54) is 4.90 Å². The van der Waals surface area contributed by atoms with Crippen molar-refractivity contribution in [3.05, 3.63) is 0 Å². The second-order valence-electron chi connectivity index (χ2n) is 5.31. The predicted octanol–water partition coefficient (Wildman–Crippen LogP) is -1.08. The van der Waals surface area contributed by atoms with E-state index >= 15 is 0 Å². The van der Waals surface area contributed by atoms with Crippen molar-refractivity contribution >= 4 is 30.1 Å². The standard InChI is InChI=1S/C13H22N4O3.ClH/c1-15(8-9-17-11(18)2-3-12(17)19)10-13(20)16-6-4-14-5-7-16;/h14H,2-10H2,1H3;1H. The molecule has 0 aliphatic carbocycles. The molecule has 0 radical (unpaired) electrons. The van der Waals surface area contributed by atoms with Gasteiger partial charge in [-0.25, -0.2) is 0 Å². The summed E-state index contributed by atoms with van der Waals surface area (Å²) in [6.07, 6.45) is 0.643. The van der Waals surface area contributed by atoms with E-state index in [0.29, 0.717) is 32.5 Å². The van der Waals surface area contributed by atoms with E-state index in [4.69, 9.17) is 0 Å². The van der Waals surface area contributed by atoms with Gasteiger partial charge in [0.1, 0.15) is 0 Å². The van der Waals surface area contributed by atoms with Crippen LogP contribution in [0.25, 0.3) is 0 Å². The van der Waals surface area contributed by atoms with Crippen LogP contribution in [0.1, 0.15) is 12.8 Å². The average Bonchev–Trinajstić information content (AvgIpc) is 2.77. The van der Waals surface area contributed by atoms with Crippen molar-refractivity contribution in [2.75, 3.05) is 52.9 Å². The number of rotatable bonds is 5. The Balaban J connectivity index is 0.00000220. The molecule has 2 heterocycles. The van der Waals surface area contributed by atoms with Crippen LogP contribution >= 0.6 is 12.4 Å². The summed E-state index contributed by atoms with van der Waals surface area (Å²) in [6.45, 7) is 4.42. The molecule has 2 saturated heterocycles.